The lowest BCUT2D eigenvalue weighted by Crippen LogP contribution is -2.35. The van der Waals surface area contributed by atoms with Crippen molar-refractivity contribution in [1.29, 1.82) is 0 Å². The SMILES string of the molecule is CNC(C)C(=O)Nc1cn[nH]c1. The fourth-order valence-corrected chi connectivity index (χ4v) is 0.701. The molecule has 1 rings (SSSR count). The molecular weight excluding hydrogens is 156 g/mol. The molecule has 0 radical (unpaired) electrons. The first-order valence-corrected chi connectivity index (χ1v) is 3.71. The van der Waals surface area contributed by atoms with Crippen LogP contribution in [0.2, 0.25) is 0 Å². The summed E-state index contributed by atoms with van der Waals surface area (Å²) in [6, 6.07) is -0.195. The van der Waals surface area contributed by atoms with Crippen LogP contribution in [0.5, 0.6) is 0 Å². The number of carbonyl (C=O) groups excluding carboxylic acids is 1. The van der Waals surface area contributed by atoms with Crippen molar-refractivity contribution >= 4 is 11.6 Å². The van der Waals surface area contributed by atoms with E-state index in [-0.39, 0.29) is 11.9 Å². The highest BCUT2D eigenvalue weighted by Crippen LogP contribution is 2.01. The minimum atomic E-state index is -0.195. The summed E-state index contributed by atoms with van der Waals surface area (Å²) in [7, 11) is 1.74. The normalized spacial score (nSPS) is 12.5. The monoisotopic (exact) mass is 168 g/mol. The highest BCUT2D eigenvalue weighted by Gasteiger charge is 2.09. The van der Waals surface area contributed by atoms with Crippen LogP contribution in [0.3, 0.4) is 0 Å². The average molecular weight is 168 g/mol. The number of anilines is 1. The molecule has 0 spiro atoms. The van der Waals surface area contributed by atoms with Crippen LogP contribution in [0.4, 0.5) is 5.69 Å². The Hall–Kier alpha value is -1.36. The van der Waals surface area contributed by atoms with Gasteiger partial charge in [0, 0.05) is 6.20 Å². The minimum absolute atomic E-state index is 0.0705. The zero-order chi connectivity index (χ0) is 8.97. The Morgan fingerprint density at radius 1 is 1.75 bits per heavy atom. The molecule has 0 aromatic carbocycles. The second-order valence-corrected chi connectivity index (χ2v) is 2.49. The molecule has 1 amide bonds. The van der Waals surface area contributed by atoms with E-state index in [2.05, 4.69) is 20.8 Å². The van der Waals surface area contributed by atoms with Gasteiger partial charge >= 0.3 is 0 Å². The van der Waals surface area contributed by atoms with Gasteiger partial charge in [-0.3, -0.25) is 9.89 Å². The van der Waals surface area contributed by atoms with Crippen LogP contribution in [0.15, 0.2) is 12.4 Å². The molecule has 1 aromatic heterocycles. The van der Waals surface area contributed by atoms with Gasteiger partial charge in [-0.05, 0) is 14.0 Å². The van der Waals surface area contributed by atoms with E-state index in [1.54, 1.807) is 26.4 Å². The molecule has 5 heteroatoms. The number of likely N-dealkylation sites (N-methyl/N-ethyl adjacent to an activating group) is 1. The molecule has 1 atom stereocenters. The first-order valence-electron chi connectivity index (χ1n) is 3.71. The molecule has 0 bridgehead atoms. The first kappa shape index (κ1) is 8.73. The Morgan fingerprint density at radius 2 is 2.50 bits per heavy atom. The minimum Gasteiger partial charge on any atom is -0.322 e. The molecule has 1 aromatic rings. The third-order valence-electron chi connectivity index (χ3n) is 1.59. The molecule has 0 saturated heterocycles. The average Bonchev–Trinajstić information content (AvgIpc) is 2.55. The highest BCUT2D eigenvalue weighted by molar-refractivity contribution is 5.94. The number of carbonyl (C=O) groups is 1. The van der Waals surface area contributed by atoms with Gasteiger partial charge in [-0.2, -0.15) is 5.10 Å². The van der Waals surface area contributed by atoms with Gasteiger partial charge in [0.25, 0.3) is 0 Å². The van der Waals surface area contributed by atoms with Crippen molar-refractivity contribution in [2.75, 3.05) is 12.4 Å². The Morgan fingerprint density at radius 3 is 3.00 bits per heavy atom. The lowest BCUT2D eigenvalue weighted by atomic mass is 10.3. The largest absolute Gasteiger partial charge is 0.322 e. The lowest BCUT2D eigenvalue weighted by molar-refractivity contribution is -0.117. The maximum absolute atomic E-state index is 11.2. The summed E-state index contributed by atoms with van der Waals surface area (Å²) in [5.74, 6) is -0.0705. The van der Waals surface area contributed by atoms with Crippen LogP contribution in [0.25, 0.3) is 0 Å². The molecule has 3 N–H and O–H groups in total. The lowest BCUT2D eigenvalue weighted by Gasteiger charge is -2.08. The molecule has 1 unspecified atom stereocenters. The number of nitrogens with one attached hydrogen (secondary N) is 3. The predicted octanol–water partition coefficient (Wildman–Crippen LogP) is -0.0439. The van der Waals surface area contributed by atoms with Gasteiger partial charge < -0.3 is 10.6 Å². The predicted molar refractivity (Wildman–Crippen MR) is 45.7 cm³/mol. The van der Waals surface area contributed by atoms with Crippen LogP contribution in [0, 0.1) is 0 Å². The summed E-state index contributed by atoms with van der Waals surface area (Å²) in [6.07, 6.45) is 3.18. The van der Waals surface area contributed by atoms with Gasteiger partial charge in [-0.25, -0.2) is 0 Å². The number of rotatable bonds is 3. The van der Waals surface area contributed by atoms with Crippen molar-refractivity contribution in [1.82, 2.24) is 15.5 Å². The van der Waals surface area contributed by atoms with Gasteiger partial charge in [0.2, 0.25) is 5.91 Å². The number of hydrogen-bond donors (Lipinski definition) is 3. The molecule has 5 nitrogen and oxygen atoms in total. The molecule has 12 heavy (non-hydrogen) atoms. The topological polar surface area (TPSA) is 69.8 Å². The molecule has 0 saturated carbocycles. The van der Waals surface area contributed by atoms with Crippen molar-refractivity contribution in [3.8, 4) is 0 Å². The van der Waals surface area contributed by atoms with Crippen molar-refractivity contribution < 1.29 is 4.79 Å². The third-order valence-corrected chi connectivity index (χ3v) is 1.59. The van der Waals surface area contributed by atoms with E-state index in [0.29, 0.717) is 5.69 Å². The van der Waals surface area contributed by atoms with E-state index < -0.39 is 0 Å². The number of hydrogen-bond acceptors (Lipinski definition) is 3. The molecule has 1 heterocycles. The van der Waals surface area contributed by atoms with E-state index in [9.17, 15) is 4.79 Å². The van der Waals surface area contributed by atoms with Gasteiger partial charge in [0.05, 0.1) is 17.9 Å². The Labute approximate surface area is 70.5 Å². The van der Waals surface area contributed by atoms with Crippen molar-refractivity contribution in [2.45, 2.75) is 13.0 Å². The summed E-state index contributed by atoms with van der Waals surface area (Å²) in [4.78, 5) is 11.2. The number of nitrogens with zero attached hydrogens (tertiary/aromatic N) is 1. The fraction of sp³-hybridized carbons (Fsp3) is 0.429. The van der Waals surface area contributed by atoms with Gasteiger partial charge in [-0.1, -0.05) is 0 Å². The van der Waals surface area contributed by atoms with Crippen molar-refractivity contribution in [3.63, 3.8) is 0 Å². The van der Waals surface area contributed by atoms with Crippen LogP contribution >= 0.6 is 0 Å². The van der Waals surface area contributed by atoms with Crippen molar-refractivity contribution in [2.24, 2.45) is 0 Å². The van der Waals surface area contributed by atoms with Crippen LogP contribution in [-0.4, -0.2) is 29.2 Å². The molecule has 0 aliphatic carbocycles. The summed E-state index contributed by atoms with van der Waals surface area (Å²) in [6.45, 7) is 1.79. The van der Waals surface area contributed by atoms with E-state index >= 15 is 0 Å². The first-order chi connectivity index (χ1) is 5.74. The third kappa shape index (κ3) is 2.06. The van der Waals surface area contributed by atoms with Gasteiger partial charge in [0.15, 0.2) is 0 Å². The second-order valence-electron chi connectivity index (χ2n) is 2.49. The van der Waals surface area contributed by atoms with Crippen LogP contribution in [0.1, 0.15) is 6.92 Å². The zero-order valence-corrected chi connectivity index (χ0v) is 7.09. The van der Waals surface area contributed by atoms with E-state index in [0.717, 1.165) is 0 Å². The molecule has 0 aliphatic rings. The highest BCUT2D eigenvalue weighted by atomic mass is 16.2. The maximum Gasteiger partial charge on any atom is 0.241 e. The molecule has 0 aliphatic heterocycles. The summed E-state index contributed by atoms with van der Waals surface area (Å²) in [5.41, 5.74) is 0.683. The van der Waals surface area contributed by atoms with E-state index in [1.807, 2.05) is 0 Å². The van der Waals surface area contributed by atoms with Crippen LogP contribution < -0.4 is 10.6 Å². The summed E-state index contributed by atoms with van der Waals surface area (Å²) in [5, 5.41) is 11.8. The van der Waals surface area contributed by atoms with Crippen LogP contribution in [-0.2, 0) is 4.79 Å². The second kappa shape index (κ2) is 3.87. The number of aromatic amines is 1. The van der Waals surface area contributed by atoms with E-state index in [1.165, 1.54) is 0 Å². The standard InChI is InChI=1S/C7H12N4O/c1-5(8-2)7(12)11-6-3-9-10-4-6/h3-5,8H,1-2H3,(H,9,10)(H,11,12). The smallest absolute Gasteiger partial charge is 0.241 e. The van der Waals surface area contributed by atoms with Gasteiger partial charge in [0.1, 0.15) is 0 Å². The quantitative estimate of drug-likeness (QED) is 0.593. The number of aromatic nitrogens is 2. The molecular formula is C7H12N4O. The number of amides is 1. The zero-order valence-electron chi connectivity index (χ0n) is 7.09. The fourth-order valence-electron chi connectivity index (χ4n) is 0.701. The summed E-state index contributed by atoms with van der Waals surface area (Å²) >= 11 is 0. The van der Waals surface area contributed by atoms with E-state index in [4.69, 9.17) is 0 Å². The van der Waals surface area contributed by atoms with Crippen molar-refractivity contribution in [3.05, 3.63) is 12.4 Å². The maximum atomic E-state index is 11.2. The molecule has 66 valence electrons. The number of H-pyrrole nitrogens is 1. The summed E-state index contributed by atoms with van der Waals surface area (Å²) < 4.78 is 0. The Balaban J connectivity index is 2.47. The Kier molecular flexibility index (Phi) is 2.82. The molecule has 0 fully saturated rings. The Bertz CT molecular complexity index is 244. The van der Waals surface area contributed by atoms with Gasteiger partial charge in [-0.15, -0.1) is 0 Å².